The summed E-state index contributed by atoms with van der Waals surface area (Å²) < 4.78 is 0. The van der Waals surface area contributed by atoms with Gasteiger partial charge in [-0.3, -0.25) is 4.79 Å². The number of fused-ring (bicyclic) bond motifs is 1. The molecule has 0 saturated heterocycles. The fourth-order valence-electron chi connectivity index (χ4n) is 2.14. The van der Waals surface area contributed by atoms with Crippen LogP contribution in [0.2, 0.25) is 0 Å². The minimum Gasteiger partial charge on any atom is -0.327 e. The number of benzene rings is 1. The van der Waals surface area contributed by atoms with Crippen molar-refractivity contribution in [2.75, 3.05) is 5.32 Å². The van der Waals surface area contributed by atoms with Crippen LogP contribution in [0.25, 0.3) is 0 Å². The van der Waals surface area contributed by atoms with Gasteiger partial charge < -0.3 is 11.1 Å². The van der Waals surface area contributed by atoms with Gasteiger partial charge in [0.1, 0.15) is 0 Å². The number of hydrogen-bond acceptors (Lipinski definition) is 2. The largest absolute Gasteiger partial charge is 0.327 e. The van der Waals surface area contributed by atoms with E-state index in [4.69, 9.17) is 5.73 Å². The first-order valence-corrected chi connectivity index (χ1v) is 5.31. The molecular formula is C12H16N2O. The number of amides is 1. The number of rotatable bonds is 1. The Kier molecular flexibility index (Phi) is 2.73. The summed E-state index contributed by atoms with van der Waals surface area (Å²) in [7, 11) is 0. The van der Waals surface area contributed by atoms with E-state index in [0.717, 1.165) is 24.9 Å². The monoisotopic (exact) mass is 204 g/mol. The van der Waals surface area contributed by atoms with Gasteiger partial charge in [-0.2, -0.15) is 0 Å². The first-order chi connectivity index (χ1) is 7.16. The SMILES string of the molecule is CC(=O)Nc1cccc2c1CC[C@@H](N)C2. The number of hydrogen-bond donors (Lipinski definition) is 2. The van der Waals surface area contributed by atoms with Crippen molar-refractivity contribution in [2.24, 2.45) is 5.73 Å². The lowest BCUT2D eigenvalue weighted by atomic mass is 9.87. The van der Waals surface area contributed by atoms with Crippen LogP contribution in [-0.4, -0.2) is 11.9 Å². The summed E-state index contributed by atoms with van der Waals surface area (Å²) in [6.07, 6.45) is 2.89. The molecule has 0 aromatic heterocycles. The van der Waals surface area contributed by atoms with Gasteiger partial charge in [0.25, 0.3) is 0 Å². The zero-order chi connectivity index (χ0) is 10.8. The second-order valence-electron chi connectivity index (χ2n) is 4.13. The molecule has 0 saturated carbocycles. The first-order valence-electron chi connectivity index (χ1n) is 5.31. The number of anilines is 1. The molecule has 3 N–H and O–H groups in total. The Balaban J connectivity index is 2.33. The van der Waals surface area contributed by atoms with E-state index in [1.54, 1.807) is 0 Å². The maximum atomic E-state index is 11.0. The van der Waals surface area contributed by atoms with Gasteiger partial charge in [0, 0.05) is 18.7 Å². The Morgan fingerprint density at radius 3 is 3.07 bits per heavy atom. The fourth-order valence-corrected chi connectivity index (χ4v) is 2.14. The van der Waals surface area contributed by atoms with Crippen LogP contribution in [0.15, 0.2) is 18.2 Å². The summed E-state index contributed by atoms with van der Waals surface area (Å²) in [5.74, 6) is -0.0155. The van der Waals surface area contributed by atoms with Crippen LogP contribution in [-0.2, 0) is 17.6 Å². The van der Waals surface area contributed by atoms with Crippen LogP contribution < -0.4 is 11.1 Å². The maximum absolute atomic E-state index is 11.0. The predicted octanol–water partition coefficient (Wildman–Crippen LogP) is 1.46. The van der Waals surface area contributed by atoms with Crippen LogP contribution in [0.3, 0.4) is 0 Å². The van der Waals surface area contributed by atoms with Crippen molar-refractivity contribution >= 4 is 11.6 Å². The highest BCUT2D eigenvalue weighted by Gasteiger charge is 2.17. The van der Waals surface area contributed by atoms with E-state index in [2.05, 4.69) is 11.4 Å². The third kappa shape index (κ3) is 2.18. The third-order valence-corrected chi connectivity index (χ3v) is 2.83. The molecule has 1 aromatic rings. The van der Waals surface area contributed by atoms with Crippen LogP contribution in [0.4, 0.5) is 5.69 Å². The van der Waals surface area contributed by atoms with Crippen molar-refractivity contribution in [1.82, 2.24) is 0 Å². The highest BCUT2D eigenvalue weighted by Crippen LogP contribution is 2.27. The Bertz CT molecular complexity index is 387. The molecule has 1 atom stereocenters. The molecule has 0 heterocycles. The van der Waals surface area contributed by atoms with Crippen molar-refractivity contribution in [3.05, 3.63) is 29.3 Å². The summed E-state index contributed by atoms with van der Waals surface area (Å²) in [6, 6.07) is 6.30. The Hall–Kier alpha value is -1.35. The van der Waals surface area contributed by atoms with Crippen LogP contribution in [0.5, 0.6) is 0 Å². The maximum Gasteiger partial charge on any atom is 0.221 e. The highest BCUT2D eigenvalue weighted by atomic mass is 16.1. The van der Waals surface area contributed by atoms with Gasteiger partial charge in [0.05, 0.1) is 0 Å². The molecule has 0 fully saturated rings. The molecule has 1 aromatic carbocycles. The second-order valence-corrected chi connectivity index (χ2v) is 4.13. The van der Waals surface area contributed by atoms with E-state index in [1.165, 1.54) is 18.1 Å². The zero-order valence-corrected chi connectivity index (χ0v) is 8.92. The Morgan fingerprint density at radius 2 is 2.33 bits per heavy atom. The molecule has 1 aliphatic rings. The third-order valence-electron chi connectivity index (χ3n) is 2.83. The molecule has 3 nitrogen and oxygen atoms in total. The standard InChI is InChI=1S/C12H16N2O/c1-8(15)14-12-4-2-3-9-7-10(13)5-6-11(9)12/h2-4,10H,5-7,13H2,1H3,(H,14,15)/t10-/m1/s1. The lowest BCUT2D eigenvalue weighted by Crippen LogP contribution is -2.28. The van der Waals surface area contributed by atoms with Gasteiger partial charge >= 0.3 is 0 Å². The van der Waals surface area contributed by atoms with Crippen LogP contribution in [0.1, 0.15) is 24.5 Å². The van der Waals surface area contributed by atoms with Crippen molar-refractivity contribution in [3.63, 3.8) is 0 Å². The summed E-state index contributed by atoms with van der Waals surface area (Å²) in [4.78, 5) is 11.0. The van der Waals surface area contributed by atoms with Crippen molar-refractivity contribution in [2.45, 2.75) is 32.2 Å². The van der Waals surface area contributed by atoms with Gasteiger partial charge in [-0.05, 0) is 36.5 Å². The molecule has 0 radical (unpaired) electrons. The van der Waals surface area contributed by atoms with E-state index in [9.17, 15) is 4.79 Å². The minimum absolute atomic E-state index is 0.0155. The zero-order valence-electron chi connectivity index (χ0n) is 8.92. The van der Waals surface area contributed by atoms with Gasteiger partial charge in [0.15, 0.2) is 0 Å². The molecule has 0 aliphatic heterocycles. The molecule has 0 spiro atoms. The smallest absolute Gasteiger partial charge is 0.221 e. The topological polar surface area (TPSA) is 55.1 Å². The molecular weight excluding hydrogens is 188 g/mol. The van der Waals surface area contributed by atoms with Crippen molar-refractivity contribution < 1.29 is 4.79 Å². The first kappa shape index (κ1) is 10.2. The predicted molar refractivity (Wildman–Crippen MR) is 60.7 cm³/mol. The minimum atomic E-state index is -0.0155. The van der Waals surface area contributed by atoms with Gasteiger partial charge in [0.2, 0.25) is 5.91 Å². The summed E-state index contributed by atoms with van der Waals surface area (Å²) >= 11 is 0. The molecule has 3 heteroatoms. The number of nitrogens with one attached hydrogen (secondary N) is 1. The molecule has 15 heavy (non-hydrogen) atoms. The highest BCUT2D eigenvalue weighted by molar-refractivity contribution is 5.89. The van der Waals surface area contributed by atoms with Crippen molar-refractivity contribution in [1.29, 1.82) is 0 Å². The van der Waals surface area contributed by atoms with Crippen LogP contribution in [0, 0.1) is 0 Å². The average molecular weight is 204 g/mol. The van der Waals surface area contributed by atoms with E-state index >= 15 is 0 Å². The quantitative estimate of drug-likeness (QED) is 0.727. The molecule has 80 valence electrons. The summed E-state index contributed by atoms with van der Waals surface area (Å²) in [6.45, 7) is 1.54. The Labute approximate surface area is 89.7 Å². The lowest BCUT2D eigenvalue weighted by Gasteiger charge is -2.23. The second kappa shape index (κ2) is 4.03. The molecule has 2 rings (SSSR count). The molecule has 1 aliphatic carbocycles. The summed E-state index contributed by atoms with van der Waals surface area (Å²) in [5.41, 5.74) is 9.40. The molecule has 1 amide bonds. The Morgan fingerprint density at radius 1 is 1.53 bits per heavy atom. The molecule has 0 bridgehead atoms. The molecule has 0 unspecified atom stereocenters. The number of carbonyl (C=O) groups is 1. The summed E-state index contributed by atoms with van der Waals surface area (Å²) in [5, 5.41) is 2.87. The lowest BCUT2D eigenvalue weighted by molar-refractivity contribution is -0.114. The van der Waals surface area contributed by atoms with Crippen molar-refractivity contribution in [3.8, 4) is 0 Å². The fraction of sp³-hybridized carbons (Fsp3) is 0.417. The number of carbonyl (C=O) groups excluding carboxylic acids is 1. The van der Waals surface area contributed by atoms with Gasteiger partial charge in [-0.15, -0.1) is 0 Å². The number of nitrogens with two attached hydrogens (primary N) is 1. The van der Waals surface area contributed by atoms with Gasteiger partial charge in [-0.1, -0.05) is 12.1 Å². The van der Waals surface area contributed by atoms with E-state index in [-0.39, 0.29) is 11.9 Å². The average Bonchev–Trinajstić information content (AvgIpc) is 2.16. The van der Waals surface area contributed by atoms with E-state index in [0.29, 0.717) is 0 Å². The van der Waals surface area contributed by atoms with E-state index < -0.39 is 0 Å². The van der Waals surface area contributed by atoms with E-state index in [1.807, 2.05) is 12.1 Å². The van der Waals surface area contributed by atoms with Crippen LogP contribution >= 0.6 is 0 Å². The van der Waals surface area contributed by atoms with Gasteiger partial charge in [-0.25, -0.2) is 0 Å². The normalized spacial score (nSPS) is 19.5.